The molecule has 2 rings (SSSR count). The van der Waals surface area contributed by atoms with E-state index in [9.17, 15) is 9.59 Å². The summed E-state index contributed by atoms with van der Waals surface area (Å²) in [7, 11) is 0. The van der Waals surface area contributed by atoms with Gasteiger partial charge in [0.2, 0.25) is 12.8 Å². The van der Waals surface area contributed by atoms with Gasteiger partial charge in [-0.25, -0.2) is 5.01 Å². The molecule has 6 heteroatoms. The lowest BCUT2D eigenvalue weighted by molar-refractivity contribution is -0.114. The van der Waals surface area contributed by atoms with Gasteiger partial charge in [0.05, 0.1) is 12.2 Å². The molecular formula is C9H12N4O2. The second kappa shape index (κ2) is 4.14. The quantitative estimate of drug-likeness (QED) is 0.657. The minimum atomic E-state index is 0.652. The van der Waals surface area contributed by atoms with E-state index in [1.807, 2.05) is 17.3 Å². The largest absolute Gasteiger partial charge is 0.347 e. The highest BCUT2D eigenvalue weighted by Gasteiger charge is 2.16. The smallest absolute Gasteiger partial charge is 0.221 e. The SMILES string of the molecule is O=CNc1cc2n(c1)CCN(NC=O)C2. The Balaban J connectivity index is 2.11. The second-order valence-electron chi connectivity index (χ2n) is 3.34. The van der Waals surface area contributed by atoms with Crippen LogP contribution in [0.1, 0.15) is 5.69 Å². The third-order valence-electron chi connectivity index (χ3n) is 2.41. The van der Waals surface area contributed by atoms with Crippen molar-refractivity contribution in [1.82, 2.24) is 15.0 Å². The molecule has 0 unspecified atom stereocenters. The van der Waals surface area contributed by atoms with Gasteiger partial charge in [0.25, 0.3) is 0 Å². The molecule has 0 radical (unpaired) electrons. The molecule has 0 saturated heterocycles. The first-order chi connectivity index (χ1) is 7.33. The van der Waals surface area contributed by atoms with Crippen LogP contribution in [0.2, 0.25) is 0 Å². The fraction of sp³-hybridized carbons (Fsp3) is 0.333. The second-order valence-corrected chi connectivity index (χ2v) is 3.34. The van der Waals surface area contributed by atoms with Crippen molar-refractivity contribution in [3.05, 3.63) is 18.0 Å². The molecule has 2 heterocycles. The van der Waals surface area contributed by atoms with Crippen molar-refractivity contribution in [3.8, 4) is 0 Å². The number of fused-ring (bicyclic) bond motifs is 1. The van der Waals surface area contributed by atoms with Crippen LogP contribution in [0, 0.1) is 0 Å². The van der Waals surface area contributed by atoms with Crippen LogP contribution in [0.5, 0.6) is 0 Å². The van der Waals surface area contributed by atoms with E-state index in [0.717, 1.165) is 24.5 Å². The number of hydrogen-bond acceptors (Lipinski definition) is 3. The Bertz CT molecular complexity index is 374. The fourth-order valence-corrected chi connectivity index (χ4v) is 1.73. The molecule has 1 aromatic heterocycles. The van der Waals surface area contributed by atoms with Crippen LogP contribution in [-0.2, 0) is 22.7 Å². The van der Waals surface area contributed by atoms with Crippen molar-refractivity contribution in [3.63, 3.8) is 0 Å². The van der Waals surface area contributed by atoms with E-state index in [0.29, 0.717) is 19.4 Å². The van der Waals surface area contributed by atoms with Gasteiger partial charge < -0.3 is 9.88 Å². The zero-order chi connectivity index (χ0) is 10.7. The minimum Gasteiger partial charge on any atom is -0.347 e. The first kappa shape index (κ1) is 9.72. The van der Waals surface area contributed by atoms with E-state index in [1.54, 1.807) is 0 Å². The third-order valence-corrected chi connectivity index (χ3v) is 2.41. The van der Waals surface area contributed by atoms with Gasteiger partial charge in [-0.05, 0) is 6.07 Å². The van der Waals surface area contributed by atoms with E-state index in [4.69, 9.17) is 0 Å². The predicted molar refractivity (Wildman–Crippen MR) is 53.7 cm³/mol. The van der Waals surface area contributed by atoms with Crippen LogP contribution >= 0.6 is 0 Å². The van der Waals surface area contributed by atoms with Gasteiger partial charge in [-0.1, -0.05) is 0 Å². The number of carbonyl (C=O) groups is 2. The van der Waals surface area contributed by atoms with Crippen LogP contribution in [0.15, 0.2) is 12.3 Å². The third kappa shape index (κ3) is 1.99. The van der Waals surface area contributed by atoms with E-state index in [-0.39, 0.29) is 0 Å². The average molecular weight is 208 g/mol. The number of carbonyl (C=O) groups excluding carboxylic acids is 2. The molecule has 0 saturated carbocycles. The monoisotopic (exact) mass is 208 g/mol. The van der Waals surface area contributed by atoms with Crippen LogP contribution in [0.4, 0.5) is 5.69 Å². The Hall–Kier alpha value is -1.82. The van der Waals surface area contributed by atoms with Crippen molar-refractivity contribution >= 4 is 18.5 Å². The Morgan fingerprint density at radius 2 is 2.13 bits per heavy atom. The summed E-state index contributed by atoms with van der Waals surface area (Å²) in [6.07, 6.45) is 3.22. The normalized spacial score (nSPS) is 15.5. The van der Waals surface area contributed by atoms with Crippen molar-refractivity contribution in [2.75, 3.05) is 11.9 Å². The molecule has 0 spiro atoms. The molecular weight excluding hydrogens is 196 g/mol. The number of amides is 2. The Morgan fingerprint density at radius 1 is 1.27 bits per heavy atom. The number of hydrazine groups is 1. The number of nitrogens with one attached hydrogen (secondary N) is 2. The van der Waals surface area contributed by atoms with E-state index < -0.39 is 0 Å². The van der Waals surface area contributed by atoms with Gasteiger partial charge in [-0.15, -0.1) is 0 Å². The number of aromatic nitrogens is 1. The van der Waals surface area contributed by atoms with Crippen molar-refractivity contribution in [1.29, 1.82) is 0 Å². The highest BCUT2D eigenvalue weighted by Crippen LogP contribution is 2.18. The lowest BCUT2D eigenvalue weighted by Gasteiger charge is -2.26. The summed E-state index contributed by atoms with van der Waals surface area (Å²) in [5.41, 5.74) is 4.47. The molecule has 0 atom stereocenters. The van der Waals surface area contributed by atoms with Gasteiger partial charge in [-0.2, -0.15) is 0 Å². The number of anilines is 1. The predicted octanol–water partition coefficient (Wildman–Crippen LogP) is -0.467. The Morgan fingerprint density at radius 3 is 2.87 bits per heavy atom. The van der Waals surface area contributed by atoms with Gasteiger partial charge in [0.1, 0.15) is 0 Å². The molecule has 1 aliphatic heterocycles. The van der Waals surface area contributed by atoms with Crippen LogP contribution in [0.3, 0.4) is 0 Å². The first-order valence-corrected chi connectivity index (χ1v) is 4.67. The lowest BCUT2D eigenvalue weighted by atomic mass is 10.3. The molecule has 0 fully saturated rings. The van der Waals surface area contributed by atoms with Crippen molar-refractivity contribution in [2.45, 2.75) is 13.1 Å². The minimum absolute atomic E-state index is 0.652. The van der Waals surface area contributed by atoms with Gasteiger partial charge in [0, 0.05) is 25.0 Å². The number of hydrogen-bond donors (Lipinski definition) is 2. The molecule has 80 valence electrons. The zero-order valence-electron chi connectivity index (χ0n) is 8.14. The van der Waals surface area contributed by atoms with E-state index in [2.05, 4.69) is 15.3 Å². The number of nitrogens with zero attached hydrogens (tertiary/aromatic N) is 2. The molecule has 15 heavy (non-hydrogen) atoms. The van der Waals surface area contributed by atoms with E-state index in [1.165, 1.54) is 0 Å². The van der Waals surface area contributed by atoms with Crippen LogP contribution < -0.4 is 10.7 Å². The fourth-order valence-electron chi connectivity index (χ4n) is 1.73. The van der Waals surface area contributed by atoms with Crippen molar-refractivity contribution in [2.24, 2.45) is 0 Å². The highest BCUT2D eigenvalue weighted by molar-refractivity contribution is 5.71. The van der Waals surface area contributed by atoms with Gasteiger partial charge in [-0.3, -0.25) is 15.0 Å². The molecule has 0 bridgehead atoms. The van der Waals surface area contributed by atoms with Crippen LogP contribution in [-0.4, -0.2) is 28.9 Å². The summed E-state index contributed by atoms with van der Waals surface area (Å²) in [6, 6.07) is 1.90. The van der Waals surface area contributed by atoms with Gasteiger partial charge >= 0.3 is 0 Å². The first-order valence-electron chi connectivity index (χ1n) is 4.67. The summed E-state index contributed by atoms with van der Waals surface area (Å²) in [4.78, 5) is 20.5. The highest BCUT2D eigenvalue weighted by atomic mass is 16.1. The summed E-state index contributed by atoms with van der Waals surface area (Å²) >= 11 is 0. The average Bonchev–Trinajstić information content (AvgIpc) is 2.60. The molecule has 0 aromatic carbocycles. The molecule has 1 aliphatic rings. The summed E-state index contributed by atoms with van der Waals surface area (Å²) in [5, 5.41) is 4.43. The summed E-state index contributed by atoms with van der Waals surface area (Å²) in [6.45, 7) is 2.22. The molecule has 2 N–H and O–H groups in total. The topological polar surface area (TPSA) is 66.4 Å². The number of rotatable bonds is 4. The molecule has 6 nitrogen and oxygen atoms in total. The summed E-state index contributed by atoms with van der Waals surface area (Å²) in [5.74, 6) is 0. The Labute approximate surface area is 86.8 Å². The molecule has 0 aliphatic carbocycles. The molecule has 2 amide bonds. The van der Waals surface area contributed by atoms with Crippen molar-refractivity contribution < 1.29 is 9.59 Å². The Kier molecular flexibility index (Phi) is 2.68. The summed E-state index contributed by atoms with van der Waals surface area (Å²) < 4.78 is 2.06. The standard InChI is InChI=1S/C9H12N4O2/c14-6-10-8-3-9-5-13(11-7-15)2-1-12(9)4-8/h3-4,6-7H,1-2,5H2,(H,10,14)(H,11,15). The lowest BCUT2D eigenvalue weighted by Crippen LogP contribution is -2.42. The maximum absolute atomic E-state index is 10.3. The molecule has 1 aromatic rings. The van der Waals surface area contributed by atoms with E-state index >= 15 is 0 Å². The van der Waals surface area contributed by atoms with Crippen LogP contribution in [0.25, 0.3) is 0 Å². The van der Waals surface area contributed by atoms with Gasteiger partial charge in [0.15, 0.2) is 0 Å². The maximum Gasteiger partial charge on any atom is 0.221 e. The zero-order valence-corrected chi connectivity index (χ0v) is 8.14. The maximum atomic E-state index is 10.3.